The summed E-state index contributed by atoms with van der Waals surface area (Å²) >= 11 is 0. The molecule has 1 aromatic heterocycles. The summed E-state index contributed by atoms with van der Waals surface area (Å²) in [7, 11) is 0. The highest BCUT2D eigenvalue weighted by atomic mass is 19.1. The Morgan fingerprint density at radius 2 is 1.88 bits per heavy atom. The van der Waals surface area contributed by atoms with Crippen LogP contribution in [-0.2, 0) is 22.4 Å². The number of carbonyl (C=O) groups excluding carboxylic acids is 1. The Balaban J connectivity index is 1.37. The monoisotopic (exact) mass is 572 g/mol. The van der Waals surface area contributed by atoms with Crippen molar-refractivity contribution in [3.05, 3.63) is 76.7 Å². The summed E-state index contributed by atoms with van der Waals surface area (Å²) in [5.41, 5.74) is 0.955. The Morgan fingerprint density at radius 1 is 1.17 bits per heavy atom. The number of hydrogen-bond donors (Lipinski definition) is 3. The van der Waals surface area contributed by atoms with Gasteiger partial charge in [0.15, 0.2) is 0 Å². The Bertz CT molecular complexity index is 1510. The third-order valence-corrected chi connectivity index (χ3v) is 9.88. The lowest BCUT2D eigenvalue weighted by Gasteiger charge is -2.50. The second kappa shape index (κ2) is 11.4. The lowest BCUT2D eigenvalue weighted by atomic mass is 9.66. The highest BCUT2D eigenvalue weighted by molar-refractivity contribution is 5.87. The van der Waals surface area contributed by atoms with E-state index in [1.807, 2.05) is 27.7 Å². The minimum absolute atomic E-state index is 0.249. The van der Waals surface area contributed by atoms with Gasteiger partial charge < -0.3 is 15.5 Å². The molecule has 3 N–H and O–H groups in total. The number of nitriles is 1. The van der Waals surface area contributed by atoms with E-state index >= 15 is 4.39 Å². The number of carbonyl (C=O) groups is 1. The number of likely N-dealkylation sites (tertiary alicyclic amines) is 1. The third-order valence-electron chi connectivity index (χ3n) is 9.88. The van der Waals surface area contributed by atoms with Gasteiger partial charge in [0.1, 0.15) is 12.0 Å². The average molecular weight is 573 g/mol. The van der Waals surface area contributed by atoms with Gasteiger partial charge in [0.05, 0.1) is 28.5 Å². The fraction of sp³-hybridized carbons (Fsp3) is 0.500. The number of halogens is 1. The van der Waals surface area contributed by atoms with E-state index in [4.69, 9.17) is 0 Å². The summed E-state index contributed by atoms with van der Waals surface area (Å²) in [5.74, 6) is -1.32. The number of rotatable bonds is 7. The van der Waals surface area contributed by atoms with Crippen molar-refractivity contribution in [3.8, 4) is 6.07 Å². The molecule has 2 fully saturated rings. The number of aliphatic hydroxyl groups excluding tert-OH is 1. The van der Waals surface area contributed by atoms with Gasteiger partial charge in [-0.3, -0.25) is 14.7 Å². The molecule has 2 aliphatic heterocycles. The van der Waals surface area contributed by atoms with Gasteiger partial charge in [-0.05, 0) is 60.9 Å². The molecule has 2 saturated heterocycles. The predicted octanol–water partition coefficient (Wildman–Crippen LogP) is 5.39. The Kier molecular flexibility index (Phi) is 8.14. The third kappa shape index (κ3) is 5.19. The van der Waals surface area contributed by atoms with Crippen LogP contribution in [0.25, 0.3) is 10.9 Å². The van der Waals surface area contributed by atoms with E-state index in [1.54, 1.807) is 24.4 Å². The van der Waals surface area contributed by atoms with E-state index in [0.717, 1.165) is 24.0 Å². The molecule has 0 radical (unpaired) electrons. The summed E-state index contributed by atoms with van der Waals surface area (Å²) in [6, 6.07) is 15.8. The van der Waals surface area contributed by atoms with Crippen molar-refractivity contribution in [1.29, 1.82) is 5.26 Å². The molecule has 3 heterocycles. The standard InChI is InChI=1S/C34H41FN4O3/c1-5-33(6-2,20-36)24-9-7-22(8-10-24)19-39-16-15-34(42,32(3,4)21-39)27-12-13-28-26(30(27)35)17-23(18-37-28)25-11-14-29(40)38-31(25)41/h7-10,12-13,17-18,25,29,40,42H,5-6,11,14-16,19,21H2,1-4H3,(H,38,41)/t25-,29?,34-/m1/s1. The molecular formula is C34H41FN4O3. The lowest BCUT2D eigenvalue weighted by Crippen LogP contribution is -2.55. The van der Waals surface area contributed by atoms with Gasteiger partial charge in [0.2, 0.25) is 5.91 Å². The smallest absolute Gasteiger partial charge is 0.229 e. The van der Waals surface area contributed by atoms with Crippen LogP contribution in [0.1, 0.15) is 88.0 Å². The summed E-state index contributed by atoms with van der Waals surface area (Å²) in [6.45, 7) is 9.90. The maximum Gasteiger partial charge on any atom is 0.229 e. The quantitative estimate of drug-likeness (QED) is 0.350. The van der Waals surface area contributed by atoms with Gasteiger partial charge in [0.25, 0.3) is 0 Å². The number of benzene rings is 2. The molecule has 5 rings (SSSR count). The van der Waals surface area contributed by atoms with Crippen LogP contribution < -0.4 is 5.32 Å². The molecule has 0 spiro atoms. The zero-order valence-electron chi connectivity index (χ0n) is 25.0. The van der Waals surface area contributed by atoms with Crippen LogP contribution in [0.2, 0.25) is 0 Å². The first-order valence-electron chi connectivity index (χ1n) is 15.0. The van der Waals surface area contributed by atoms with Crippen molar-refractivity contribution in [2.24, 2.45) is 5.41 Å². The second-order valence-corrected chi connectivity index (χ2v) is 12.7. The highest BCUT2D eigenvalue weighted by Gasteiger charge is 2.50. The summed E-state index contributed by atoms with van der Waals surface area (Å²) < 4.78 is 16.2. The first-order chi connectivity index (χ1) is 20.0. The van der Waals surface area contributed by atoms with Crippen LogP contribution in [0, 0.1) is 22.6 Å². The fourth-order valence-corrected chi connectivity index (χ4v) is 6.93. The molecule has 3 aromatic rings. The molecule has 0 aliphatic carbocycles. The van der Waals surface area contributed by atoms with Gasteiger partial charge in [0, 0.05) is 42.2 Å². The number of piperidine rings is 2. The van der Waals surface area contributed by atoms with Gasteiger partial charge in [-0.25, -0.2) is 4.39 Å². The van der Waals surface area contributed by atoms with Crippen molar-refractivity contribution < 1.29 is 19.4 Å². The van der Waals surface area contributed by atoms with E-state index < -0.39 is 34.4 Å². The number of nitrogens with zero attached hydrogens (tertiary/aromatic N) is 3. The number of amides is 1. The molecule has 222 valence electrons. The number of pyridine rings is 1. The number of aliphatic hydroxyl groups is 2. The normalized spacial score (nSPS) is 24.8. The average Bonchev–Trinajstić information content (AvgIpc) is 2.97. The summed E-state index contributed by atoms with van der Waals surface area (Å²) in [6.07, 6.45) is 3.49. The van der Waals surface area contributed by atoms with Crippen LogP contribution >= 0.6 is 0 Å². The topological polar surface area (TPSA) is 109 Å². The summed E-state index contributed by atoms with van der Waals surface area (Å²) in [4.78, 5) is 19.2. The number of hydrogen-bond acceptors (Lipinski definition) is 6. The van der Waals surface area contributed by atoms with Crippen LogP contribution in [0.15, 0.2) is 48.7 Å². The van der Waals surface area contributed by atoms with Crippen LogP contribution in [0.5, 0.6) is 0 Å². The molecule has 2 aromatic carbocycles. The largest absolute Gasteiger partial charge is 0.384 e. The summed E-state index contributed by atoms with van der Waals surface area (Å²) in [5, 5.41) is 34.4. The molecule has 3 atom stereocenters. The van der Waals surface area contributed by atoms with Crippen molar-refractivity contribution in [3.63, 3.8) is 0 Å². The molecular weight excluding hydrogens is 531 g/mol. The molecule has 2 aliphatic rings. The van der Waals surface area contributed by atoms with Crippen molar-refractivity contribution in [2.45, 2.75) is 89.5 Å². The predicted molar refractivity (Wildman–Crippen MR) is 160 cm³/mol. The van der Waals surface area contributed by atoms with E-state index in [9.17, 15) is 20.3 Å². The maximum absolute atomic E-state index is 16.2. The SMILES string of the molecule is CCC(C#N)(CC)c1ccc(CN2CC[C@@](O)(c3ccc4ncc([C@H]5CCC(O)NC5=O)cc4c3F)C(C)(C)C2)cc1. The number of aromatic nitrogens is 1. The molecule has 7 nitrogen and oxygen atoms in total. The van der Waals surface area contributed by atoms with E-state index in [1.165, 1.54) is 0 Å². The second-order valence-electron chi connectivity index (χ2n) is 12.7. The minimum Gasteiger partial charge on any atom is -0.384 e. The van der Waals surface area contributed by atoms with Crippen LogP contribution in [0.3, 0.4) is 0 Å². The Hall–Kier alpha value is -3.38. The van der Waals surface area contributed by atoms with Crippen molar-refractivity contribution >= 4 is 16.8 Å². The van der Waals surface area contributed by atoms with Crippen LogP contribution in [-0.4, -0.2) is 45.3 Å². The Morgan fingerprint density at radius 3 is 2.50 bits per heavy atom. The van der Waals surface area contributed by atoms with Crippen molar-refractivity contribution in [2.75, 3.05) is 13.1 Å². The van der Waals surface area contributed by atoms with Crippen molar-refractivity contribution in [1.82, 2.24) is 15.2 Å². The molecule has 1 amide bonds. The highest BCUT2D eigenvalue weighted by Crippen LogP contribution is 2.48. The van der Waals surface area contributed by atoms with Gasteiger partial charge in [-0.2, -0.15) is 5.26 Å². The minimum atomic E-state index is -1.40. The van der Waals surface area contributed by atoms with E-state index in [2.05, 4.69) is 45.5 Å². The molecule has 0 saturated carbocycles. The maximum atomic E-state index is 16.2. The molecule has 8 heteroatoms. The van der Waals surface area contributed by atoms with Gasteiger partial charge in [-0.15, -0.1) is 0 Å². The molecule has 1 unspecified atom stereocenters. The first-order valence-corrected chi connectivity index (χ1v) is 15.0. The molecule has 42 heavy (non-hydrogen) atoms. The fourth-order valence-electron chi connectivity index (χ4n) is 6.93. The van der Waals surface area contributed by atoms with Gasteiger partial charge >= 0.3 is 0 Å². The zero-order chi connectivity index (χ0) is 30.3. The zero-order valence-corrected chi connectivity index (χ0v) is 25.0. The number of nitrogens with one attached hydrogen (secondary N) is 1. The van der Waals surface area contributed by atoms with Crippen LogP contribution in [0.4, 0.5) is 4.39 Å². The Labute approximate surface area is 247 Å². The first kappa shape index (κ1) is 30.1. The van der Waals surface area contributed by atoms with E-state index in [0.29, 0.717) is 50.0 Å². The van der Waals surface area contributed by atoms with Gasteiger partial charge in [-0.1, -0.05) is 58.0 Å². The number of fused-ring (bicyclic) bond motifs is 1. The van der Waals surface area contributed by atoms with E-state index in [-0.39, 0.29) is 16.9 Å². The lowest BCUT2D eigenvalue weighted by molar-refractivity contribution is -0.128. The molecule has 0 bridgehead atoms.